The molecule has 2 aromatic heterocycles. The fraction of sp³-hybridized carbons (Fsp3) is 0.455. The van der Waals surface area contributed by atoms with Gasteiger partial charge in [-0.25, -0.2) is 9.67 Å². The van der Waals surface area contributed by atoms with E-state index in [1.807, 2.05) is 11.8 Å². The third kappa shape index (κ3) is 4.26. The molecule has 3 aromatic rings. The summed E-state index contributed by atoms with van der Waals surface area (Å²) in [6.45, 7) is 2.36. The Morgan fingerprint density at radius 1 is 1.22 bits per heavy atom. The summed E-state index contributed by atoms with van der Waals surface area (Å²) in [6.07, 6.45) is 3.33. The molecule has 1 saturated carbocycles. The number of carbonyl (C=O) groups excluding carboxylic acids is 1. The molecular weight excluding hydrogens is 423 g/mol. The van der Waals surface area contributed by atoms with Crippen molar-refractivity contribution in [2.75, 3.05) is 6.54 Å². The van der Waals surface area contributed by atoms with Crippen LogP contribution in [0.5, 0.6) is 0 Å². The Hall–Kier alpha value is -3.17. The fourth-order valence-corrected chi connectivity index (χ4v) is 4.33. The molecule has 0 spiro atoms. The molecule has 0 atom stereocenters. The molecular formula is C22H24F3N5O2. The number of rotatable bonds is 5. The minimum Gasteiger partial charge on any atom is -0.338 e. The average molecular weight is 447 g/mol. The highest BCUT2D eigenvalue weighted by Gasteiger charge is 2.31. The molecule has 2 heterocycles. The molecule has 0 N–H and O–H groups in total. The Labute approximate surface area is 182 Å². The number of likely N-dealkylation sites (N-methyl/N-ethyl adjacent to an activating group) is 1. The first-order valence-electron chi connectivity index (χ1n) is 10.7. The van der Waals surface area contributed by atoms with Crippen LogP contribution in [0.4, 0.5) is 13.2 Å². The van der Waals surface area contributed by atoms with Crippen molar-refractivity contribution in [2.24, 2.45) is 0 Å². The van der Waals surface area contributed by atoms with Gasteiger partial charge in [0, 0.05) is 12.6 Å². The Balaban J connectivity index is 1.62. The molecule has 0 radical (unpaired) electrons. The maximum absolute atomic E-state index is 13.1. The molecule has 1 aliphatic rings. The Morgan fingerprint density at radius 3 is 2.66 bits per heavy atom. The lowest BCUT2D eigenvalue weighted by Crippen LogP contribution is -2.44. The third-order valence-corrected chi connectivity index (χ3v) is 5.95. The Bertz CT molecular complexity index is 1180. The molecule has 4 rings (SSSR count). The van der Waals surface area contributed by atoms with Crippen LogP contribution in [0.1, 0.15) is 44.6 Å². The van der Waals surface area contributed by atoms with Gasteiger partial charge in [0.2, 0.25) is 5.91 Å². The maximum Gasteiger partial charge on any atom is 0.416 e. The van der Waals surface area contributed by atoms with Gasteiger partial charge >= 0.3 is 6.18 Å². The summed E-state index contributed by atoms with van der Waals surface area (Å²) in [5.74, 6) is -0.145. The SMILES string of the molecule is CCN(C(=O)Cn1cnc2c(cnn2-c2cccc(C(F)(F)F)c2)c1=O)C1CCCCC1. The van der Waals surface area contributed by atoms with Crippen LogP contribution in [0.2, 0.25) is 0 Å². The van der Waals surface area contributed by atoms with Crippen LogP contribution < -0.4 is 5.56 Å². The molecule has 1 aromatic carbocycles. The van der Waals surface area contributed by atoms with E-state index in [0.29, 0.717) is 6.54 Å². The molecule has 0 aliphatic heterocycles. The number of hydrogen-bond acceptors (Lipinski definition) is 4. The van der Waals surface area contributed by atoms with E-state index in [9.17, 15) is 22.8 Å². The number of aromatic nitrogens is 4. The summed E-state index contributed by atoms with van der Waals surface area (Å²) in [5, 5.41) is 4.21. The van der Waals surface area contributed by atoms with Gasteiger partial charge in [0.1, 0.15) is 18.3 Å². The topological polar surface area (TPSA) is 73.0 Å². The van der Waals surface area contributed by atoms with Gasteiger partial charge in [0.15, 0.2) is 5.65 Å². The highest BCUT2D eigenvalue weighted by atomic mass is 19.4. The third-order valence-electron chi connectivity index (χ3n) is 5.95. The second kappa shape index (κ2) is 8.76. The number of hydrogen-bond donors (Lipinski definition) is 0. The minimum atomic E-state index is -4.50. The smallest absolute Gasteiger partial charge is 0.338 e. The van der Waals surface area contributed by atoms with Crippen LogP contribution in [-0.2, 0) is 17.5 Å². The van der Waals surface area contributed by atoms with E-state index in [-0.39, 0.29) is 35.2 Å². The number of amides is 1. The summed E-state index contributed by atoms with van der Waals surface area (Å²) < 4.78 is 41.6. The molecule has 32 heavy (non-hydrogen) atoms. The summed E-state index contributed by atoms with van der Waals surface area (Å²) in [6, 6.07) is 4.84. The van der Waals surface area contributed by atoms with Gasteiger partial charge in [-0.2, -0.15) is 18.3 Å². The predicted octanol–water partition coefficient (Wildman–Crippen LogP) is 3.78. The average Bonchev–Trinajstić information content (AvgIpc) is 3.21. The zero-order chi connectivity index (χ0) is 22.9. The van der Waals surface area contributed by atoms with Crippen molar-refractivity contribution in [3.05, 3.63) is 52.7 Å². The van der Waals surface area contributed by atoms with Crippen molar-refractivity contribution in [1.29, 1.82) is 0 Å². The van der Waals surface area contributed by atoms with Crippen LogP contribution in [0.15, 0.2) is 41.6 Å². The number of halogens is 3. The normalized spacial score (nSPS) is 15.2. The molecule has 170 valence electrons. The van der Waals surface area contributed by atoms with E-state index in [0.717, 1.165) is 37.8 Å². The van der Waals surface area contributed by atoms with Gasteiger partial charge in [0.25, 0.3) is 5.56 Å². The van der Waals surface area contributed by atoms with E-state index in [2.05, 4.69) is 10.1 Å². The molecule has 0 bridgehead atoms. The van der Waals surface area contributed by atoms with Crippen molar-refractivity contribution < 1.29 is 18.0 Å². The molecule has 1 fully saturated rings. The van der Waals surface area contributed by atoms with Gasteiger partial charge in [0.05, 0.1) is 17.4 Å². The van der Waals surface area contributed by atoms with Gasteiger partial charge < -0.3 is 4.90 Å². The number of fused-ring (bicyclic) bond motifs is 1. The molecule has 0 unspecified atom stereocenters. The van der Waals surface area contributed by atoms with Crippen LogP contribution in [0.25, 0.3) is 16.7 Å². The summed E-state index contributed by atoms with van der Waals surface area (Å²) in [4.78, 5) is 31.9. The number of nitrogens with zero attached hydrogens (tertiary/aromatic N) is 5. The van der Waals surface area contributed by atoms with Crippen LogP contribution in [0.3, 0.4) is 0 Å². The van der Waals surface area contributed by atoms with Crippen molar-refractivity contribution >= 4 is 16.9 Å². The highest BCUT2D eigenvalue weighted by molar-refractivity contribution is 5.78. The predicted molar refractivity (Wildman–Crippen MR) is 112 cm³/mol. The molecule has 1 aliphatic carbocycles. The zero-order valence-electron chi connectivity index (χ0n) is 17.7. The lowest BCUT2D eigenvalue weighted by Gasteiger charge is -2.33. The van der Waals surface area contributed by atoms with Gasteiger partial charge in [-0.3, -0.25) is 14.2 Å². The summed E-state index contributed by atoms with van der Waals surface area (Å²) in [7, 11) is 0. The molecule has 10 heteroatoms. The zero-order valence-corrected chi connectivity index (χ0v) is 17.7. The van der Waals surface area contributed by atoms with Crippen LogP contribution >= 0.6 is 0 Å². The standard InChI is InChI=1S/C22H24F3N5O2/c1-2-29(16-8-4-3-5-9-16)19(31)13-28-14-26-20-18(21(28)32)12-27-30(20)17-10-6-7-15(11-17)22(23,24)25/h6-7,10-12,14,16H,2-5,8-9,13H2,1H3. The Kier molecular flexibility index (Phi) is 6.03. The lowest BCUT2D eigenvalue weighted by atomic mass is 9.94. The van der Waals surface area contributed by atoms with Crippen molar-refractivity contribution in [2.45, 2.75) is 57.8 Å². The van der Waals surface area contributed by atoms with Crippen molar-refractivity contribution in [1.82, 2.24) is 24.2 Å². The first-order valence-corrected chi connectivity index (χ1v) is 10.7. The minimum absolute atomic E-state index is 0.137. The largest absolute Gasteiger partial charge is 0.416 e. The molecule has 7 nitrogen and oxygen atoms in total. The second-order valence-electron chi connectivity index (χ2n) is 7.99. The molecule has 1 amide bonds. The van der Waals surface area contributed by atoms with E-state index in [4.69, 9.17) is 0 Å². The van der Waals surface area contributed by atoms with Gasteiger partial charge in [-0.15, -0.1) is 0 Å². The quantitative estimate of drug-likeness (QED) is 0.597. The van der Waals surface area contributed by atoms with E-state index in [1.165, 1.54) is 40.3 Å². The van der Waals surface area contributed by atoms with Crippen molar-refractivity contribution in [3.8, 4) is 5.69 Å². The number of benzene rings is 1. The maximum atomic E-state index is 13.1. The first kappa shape index (κ1) is 22.0. The van der Waals surface area contributed by atoms with E-state index < -0.39 is 17.3 Å². The van der Waals surface area contributed by atoms with Crippen LogP contribution in [0, 0.1) is 0 Å². The fourth-order valence-electron chi connectivity index (χ4n) is 4.33. The summed E-state index contributed by atoms with van der Waals surface area (Å²) in [5.41, 5.74) is -0.996. The van der Waals surface area contributed by atoms with E-state index >= 15 is 0 Å². The second-order valence-corrected chi connectivity index (χ2v) is 7.99. The Morgan fingerprint density at radius 2 is 1.97 bits per heavy atom. The van der Waals surface area contributed by atoms with Gasteiger partial charge in [-0.1, -0.05) is 25.3 Å². The first-order chi connectivity index (χ1) is 15.3. The van der Waals surface area contributed by atoms with Crippen molar-refractivity contribution in [3.63, 3.8) is 0 Å². The van der Waals surface area contributed by atoms with Crippen LogP contribution in [-0.4, -0.2) is 42.7 Å². The van der Waals surface area contributed by atoms with E-state index in [1.54, 1.807) is 0 Å². The summed E-state index contributed by atoms with van der Waals surface area (Å²) >= 11 is 0. The highest BCUT2D eigenvalue weighted by Crippen LogP contribution is 2.30. The monoisotopic (exact) mass is 447 g/mol. The lowest BCUT2D eigenvalue weighted by molar-refractivity contribution is -0.137. The number of alkyl halides is 3. The molecule has 0 saturated heterocycles. The van der Waals surface area contributed by atoms with Gasteiger partial charge in [-0.05, 0) is 38.0 Å². The number of carbonyl (C=O) groups is 1.